The minimum Gasteiger partial charge on any atom is -0.497 e. The second kappa shape index (κ2) is 10.2. The molecule has 4 rings (SSSR count). The van der Waals surface area contributed by atoms with Crippen LogP contribution in [0.1, 0.15) is 5.56 Å². The van der Waals surface area contributed by atoms with Crippen LogP contribution >= 0.6 is 11.8 Å². The van der Waals surface area contributed by atoms with E-state index in [9.17, 15) is 8.78 Å². The number of aromatic nitrogens is 3. The third-order valence-electron chi connectivity index (χ3n) is 4.74. The first-order chi connectivity index (χ1) is 16.1. The zero-order chi connectivity index (χ0) is 23.2. The van der Waals surface area contributed by atoms with Gasteiger partial charge in [-0.2, -0.15) is 0 Å². The molecular formula is C24H19F2N5OS. The van der Waals surface area contributed by atoms with E-state index in [4.69, 9.17) is 4.74 Å². The fourth-order valence-corrected chi connectivity index (χ4v) is 3.77. The third kappa shape index (κ3) is 4.98. The summed E-state index contributed by atoms with van der Waals surface area (Å²) in [5.74, 6) is 0.290. The van der Waals surface area contributed by atoms with E-state index in [0.29, 0.717) is 23.3 Å². The summed E-state index contributed by atoms with van der Waals surface area (Å²) in [6.07, 6.45) is 3.38. The standard InChI is InChI=1S/C24H19F2N5OS/c1-27-21(17-6-3-7-19(25)22(17)26)13-33-14-29-24-18-11-16(32-2)8-9-20(18)30-23(31-24)15-5-4-10-28-12-15/h3-13H,1,14H2,2H3,(H,29,30,31)/b21-13-. The molecule has 0 saturated heterocycles. The Bertz CT molecular complexity index is 1330. The van der Waals surface area contributed by atoms with Gasteiger partial charge in [0.2, 0.25) is 0 Å². The van der Waals surface area contributed by atoms with Crippen molar-refractivity contribution >= 4 is 40.9 Å². The lowest BCUT2D eigenvalue weighted by molar-refractivity contribution is 0.415. The van der Waals surface area contributed by atoms with E-state index in [1.165, 1.54) is 23.9 Å². The van der Waals surface area contributed by atoms with Crippen LogP contribution in [0.3, 0.4) is 0 Å². The molecule has 1 N–H and O–H groups in total. The van der Waals surface area contributed by atoms with E-state index < -0.39 is 11.6 Å². The van der Waals surface area contributed by atoms with Gasteiger partial charge in [-0.15, -0.1) is 11.8 Å². The SMILES string of the molecule is C=N/C(=C\SCNc1nc(-c2cccnc2)nc2ccc(OC)cc12)c1cccc(F)c1F. The lowest BCUT2D eigenvalue weighted by Crippen LogP contribution is -2.03. The van der Waals surface area contributed by atoms with Crippen LogP contribution < -0.4 is 10.1 Å². The van der Waals surface area contributed by atoms with Gasteiger partial charge in [-0.25, -0.2) is 18.7 Å². The van der Waals surface area contributed by atoms with Crippen LogP contribution in [0.25, 0.3) is 28.0 Å². The monoisotopic (exact) mass is 463 g/mol. The Morgan fingerprint density at radius 3 is 2.82 bits per heavy atom. The van der Waals surface area contributed by atoms with E-state index in [1.54, 1.807) is 24.9 Å². The van der Waals surface area contributed by atoms with Crippen LogP contribution in [-0.4, -0.2) is 34.7 Å². The van der Waals surface area contributed by atoms with E-state index in [-0.39, 0.29) is 11.3 Å². The molecule has 33 heavy (non-hydrogen) atoms. The third-order valence-corrected chi connectivity index (χ3v) is 5.44. The molecule has 0 aliphatic carbocycles. The summed E-state index contributed by atoms with van der Waals surface area (Å²) < 4.78 is 33.0. The van der Waals surface area contributed by atoms with E-state index in [0.717, 1.165) is 22.5 Å². The molecule has 0 fully saturated rings. The molecule has 0 bridgehead atoms. The molecule has 2 aromatic carbocycles. The molecule has 0 spiro atoms. The van der Waals surface area contributed by atoms with Gasteiger partial charge in [0.05, 0.1) is 24.2 Å². The number of nitrogens with one attached hydrogen (secondary N) is 1. The van der Waals surface area contributed by atoms with Gasteiger partial charge in [0.15, 0.2) is 17.5 Å². The number of hydrogen-bond acceptors (Lipinski definition) is 7. The predicted molar refractivity (Wildman–Crippen MR) is 129 cm³/mol. The van der Waals surface area contributed by atoms with Gasteiger partial charge in [-0.05, 0) is 54.6 Å². The molecule has 6 nitrogen and oxygen atoms in total. The average Bonchev–Trinajstić information content (AvgIpc) is 2.86. The molecule has 9 heteroatoms. The van der Waals surface area contributed by atoms with E-state index in [1.807, 2.05) is 30.3 Å². The number of anilines is 1. The summed E-state index contributed by atoms with van der Waals surface area (Å²) in [5, 5.41) is 5.66. The zero-order valence-corrected chi connectivity index (χ0v) is 18.4. The van der Waals surface area contributed by atoms with Gasteiger partial charge in [-0.1, -0.05) is 6.07 Å². The summed E-state index contributed by atoms with van der Waals surface area (Å²) in [6.45, 7) is 3.47. The number of nitrogens with zero attached hydrogens (tertiary/aromatic N) is 4. The molecule has 0 amide bonds. The van der Waals surface area contributed by atoms with Crippen molar-refractivity contribution in [1.29, 1.82) is 0 Å². The zero-order valence-electron chi connectivity index (χ0n) is 17.6. The Morgan fingerprint density at radius 2 is 2.06 bits per heavy atom. The highest BCUT2D eigenvalue weighted by atomic mass is 32.2. The Labute approximate surface area is 193 Å². The van der Waals surface area contributed by atoms with Crippen molar-refractivity contribution in [1.82, 2.24) is 15.0 Å². The minimum absolute atomic E-state index is 0.0496. The molecule has 0 aliphatic rings. The number of rotatable bonds is 8. The van der Waals surface area contributed by atoms with Gasteiger partial charge in [0.1, 0.15) is 11.6 Å². The topological polar surface area (TPSA) is 72.3 Å². The van der Waals surface area contributed by atoms with Crippen LogP contribution in [0.4, 0.5) is 14.6 Å². The highest BCUT2D eigenvalue weighted by molar-refractivity contribution is 8.02. The van der Waals surface area contributed by atoms with Crippen LogP contribution in [0.2, 0.25) is 0 Å². The number of thioether (sulfide) groups is 1. The van der Waals surface area contributed by atoms with Crippen LogP contribution in [0.15, 0.2) is 71.3 Å². The first kappa shape index (κ1) is 22.3. The molecule has 0 radical (unpaired) electrons. The largest absolute Gasteiger partial charge is 0.497 e. The number of ether oxygens (including phenoxy) is 1. The van der Waals surface area contributed by atoms with Crippen molar-refractivity contribution in [3.63, 3.8) is 0 Å². The summed E-state index contributed by atoms with van der Waals surface area (Å²) in [5.41, 5.74) is 1.81. The molecule has 0 unspecified atom stereocenters. The van der Waals surface area contributed by atoms with Crippen molar-refractivity contribution < 1.29 is 13.5 Å². The molecule has 2 aromatic heterocycles. The molecule has 0 atom stereocenters. The first-order valence-electron chi connectivity index (χ1n) is 9.83. The van der Waals surface area contributed by atoms with Gasteiger partial charge >= 0.3 is 0 Å². The van der Waals surface area contributed by atoms with Crippen molar-refractivity contribution in [2.45, 2.75) is 0 Å². The van der Waals surface area contributed by atoms with Crippen molar-refractivity contribution in [3.05, 3.63) is 83.5 Å². The molecule has 166 valence electrons. The van der Waals surface area contributed by atoms with Gasteiger partial charge in [0, 0.05) is 28.9 Å². The average molecular weight is 464 g/mol. The number of halogens is 2. The molecule has 4 aromatic rings. The summed E-state index contributed by atoms with van der Waals surface area (Å²) in [4.78, 5) is 17.3. The van der Waals surface area contributed by atoms with Gasteiger partial charge < -0.3 is 10.1 Å². The minimum atomic E-state index is -0.959. The molecule has 0 aliphatic heterocycles. The molecule has 2 heterocycles. The fourth-order valence-electron chi connectivity index (χ4n) is 3.11. The van der Waals surface area contributed by atoms with Crippen molar-refractivity contribution in [2.75, 3.05) is 18.3 Å². The van der Waals surface area contributed by atoms with Crippen LogP contribution in [0.5, 0.6) is 5.75 Å². The maximum atomic E-state index is 14.1. The van der Waals surface area contributed by atoms with E-state index >= 15 is 0 Å². The number of hydrogen-bond donors (Lipinski definition) is 1. The number of benzene rings is 2. The highest BCUT2D eigenvalue weighted by Crippen LogP contribution is 2.29. The lowest BCUT2D eigenvalue weighted by Gasteiger charge is -2.11. The van der Waals surface area contributed by atoms with E-state index in [2.05, 4.69) is 32.0 Å². The Morgan fingerprint density at radius 1 is 1.18 bits per heavy atom. The predicted octanol–water partition coefficient (Wildman–Crippen LogP) is 5.78. The van der Waals surface area contributed by atoms with Crippen LogP contribution in [0, 0.1) is 11.6 Å². The Balaban J connectivity index is 1.61. The molecular weight excluding hydrogens is 444 g/mol. The molecule has 0 saturated carbocycles. The second-order valence-electron chi connectivity index (χ2n) is 6.77. The highest BCUT2D eigenvalue weighted by Gasteiger charge is 2.12. The van der Waals surface area contributed by atoms with Crippen molar-refractivity contribution in [2.24, 2.45) is 4.99 Å². The fraction of sp³-hybridized carbons (Fsp3) is 0.0833. The number of fused-ring (bicyclic) bond motifs is 1. The normalized spacial score (nSPS) is 11.4. The smallest absolute Gasteiger partial charge is 0.168 e. The summed E-state index contributed by atoms with van der Waals surface area (Å²) in [7, 11) is 1.59. The van der Waals surface area contributed by atoms with Crippen molar-refractivity contribution in [3.8, 4) is 17.1 Å². The lowest BCUT2D eigenvalue weighted by atomic mass is 10.1. The Kier molecular flexibility index (Phi) is 6.89. The number of aliphatic imine (C=N–C) groups is 1. The first-order valence-corrected chi connectivity index (χ1v) is 10.9. The van der Waals surface area contributed by atoms with Gasteiger partial charge in [-0.3, -0.25) is 9.98 Å². The number of pyridine rings is 1. The quantitative estimate of drug-likeness (QED) is 0.203. The summed E-state index contributed by atoms with van der Waals surface area (Å²) >= 11 is 1.31. The van der Waals surface area contributed by atoms with Gasteiger partial charge in [0.25, 0.3) is 0 Å². The Hall–Kier alpha value is -3.85. The maximum Gasteiger partial charge on any atom is 0.168 e. The maximum absolute atomic E-state index is 14.1. The van der Waals surface area contributed by atoms with Crippen LogP contribution in [-0.2, 0) is 0 Å². The summed E-state index contributed by atoms with van der Waals surface area (Å²) in [6, 6.07) is 13.2. The number of methoxy groups -OCH3 is 1. The second-order valence-corrected chi connectivity index (χ2v) is 7.63.